The number of aliphatic hydroxyl groups is 1. The lowest BCUT2D eigenvalue weighted by Crippen LogP contribution is -2.48. The maximum absolute atomic E-state index is 13.0. The van der Waals surface area contributed by atoms with E-state index in [2.05, 4.69) is 4.98 Å². The summed E-state index contributed by atoms with van der Waals surface area (Å²) in [7, 11) is 1.61. The highest BCUT2D eigenvalue weighted by Crippen LogP contribution is 2.32. The number of benzene rings is 1. The predicted molar refractivity (Wildman–Crippen MR) is 96.6 cm³/mol. The van der Waals surface area contributed by atoms with Crippen LogP contribution in [0.4, 0.5) is 0 Å². The molecular weight excluding hydrogens is 316 g/mol. The Bertz CT molecular complexity index is 753. The highest BCUT2D eigenvalue weighted by atomic mass is 16.5. The molecule has 0 bridgehead atoms. The van der Waals surface area contributed by atoms with Gasteiger partial charge in [-0.25, -0.2) is 0 Å². The number of rotatable bonds is 4. The number of hydrogen-bond donors (Lipinski definition) is 1. The summed E-state index contributed by atoms with van der Waals surface area (Å²) in [5, 5.41) is 10.4. The molecule has 25 heavy (non-hydrogen) atoms. The van der Waals surface area contributed by atoms with Crippen LogP contribution in [0.15, 0.2) is 42.6 Å². The van der Waals surface area contributed by atoms with Gasteiger partial charge in [-0.3, -0.25) is 9.78 Å². The van der Waals surface area contributed by atoms with Crippen LogP contribution in [0.5, 0.6) is 5.75 Å². The minimum Gasteiger partial charge on any atom is -0.496 e. The molecule has 0 spiro atoms. The number of likely N-dealkylation sites (tertiary alicyclic amines) is 1. The van der Waals surface area contributed by atoms with Gasteiger partial charge in [-0.05, 0) is 57.0 Å². The van der Waals surface area contributed by atoms with Gasteiger partial charge in [-0.15, -0.1) is 0 Å². The molecule has 0 radical (unpaired) electrons. The van der Waals surface area contributed by atoms with Gasteiger partial charge in [0.2, 0.25) is 0 Å². The van der Waals surface area contributed by atoms with E-state index in [0.717, 1.165) is 24.1 Å². The third kappa shape index (κ3) is 3.51. The van der Waals surface area contributed by atoms with E-state index >= 15 is 0 Å². The Morgan fingerprint density at radius 1 is 1.32 bits per heavy atom. The van der Waals surface area contributed by atoms with Crippen molar-refractivity contribution in [3.8, 4) is 17.0 Å². The van der Waals surface area contributed by atoms with Gasteiger partial charge in [-0.1, -0.05) is 6.07 Å². The summed E-state index contributed by atoms with van der Waals surface area (Å²) in [6.45, 7) is 4.19. The summed E-state index contributed by atoms with van der Waals surface area (Å²) in [5.41, 5.74) is 1.21. The average molecular weight is 340 g/mol. The van der Waals surface area contributed by atoms with E-state index in [1.165, 1.54) is 0 Å². The van der Waals surface area contributed by atoms with Gasteiger partial charge in [0, 0.05) is 23.9 Å². The average Bonchev–Trinajstić information content (AvgIpc) is 3.11. The van der Waals surface area contributed by atoms with Crippen LogP contribution in [-0.4, -0.2) is 46.2 Å². The van der Waals surface area contributed by atoms with Crippen molar-refractivity contribution in [2.45, 2.75) is 38.3 Å². The minimum absolute atomic E-state index is 0.0653. The van der Waals surface area contributed by atoms with Crippen molar-refractivity contribution < 1.29 is 14.6 Å². The SMILES string of the molecule is COc1ccc(C(=O)N2CCCC2C(C)(C)O)cc1-c1ccccn1. The molecule has 1 aromatic carbocycles. The molecule has 2 aromatic rings. The molecule has 2 heterocycles. The van der Waals surface area contributed by atoms with Crippen molar-refractivity contribution in [3.05, 3.63) is 48.2 Å². The fourth-order valence-corrected chi connectivity index (χ4v) is 3.47. The van der Waals surface area contributed by atoms with Gasteiger partial charge in [-0.2, -0.15) is 0 Å². The first kappa shape index (κ1) is 17.4. The largest absolute Gasteiger partial charge is 0.496 e. The Balaban J connectivity index is 1.97. The summed E-state index contributed by atoms with van der Waals surface area (Å²) < 4.78 is 5.43. The summed E-state index contributed by atoms with van der Waals surface area (Å²) >= 11 is 0. The van der Waals surface area contributed by atoms with Crippen LogP contribution < -0.4 is 4.74 Å². The van der Waals surface area contributed by atoms with Gasteiger partial charge in [0.1, 0.15) is 5.75 Å². The smallest absolute Gasteiger partial charge is 0.254 e. The first-order chi connectivity index (χ1) is 11.9. The van der Waals surface area contributed by atoms with E-state index in [9.17, 15) is 9.90 Å². The third-order valence-corrected chi connectivity index (χ3v) is 4.72. The molecule has 1 aliphatic rings. The molecular formula is C20H24N2O3. The van der Waals surface area contributed by atoms with Crippen LogP contribution in [0.1, 0.15) is 37.0 Å². The molecule has 132 valence electrons. The molecule has 0 saturated carbocycles. The van der Waals surface area contributed by atoms with Gasteiger partial charge >= 0.3 is 0 Å². The summed E-state index contributed by atoms with van der Waals surface area (Å²) in [5.74, 6) is 0.611. The molecule has 3 rings (SSSR count). The van der Waals surface area contributed by atoms with Crippen LogP contribution >= 0.6 is 0 Å². The second kappa shape index (κ2) is 6.84. The van der Waals surface area contributed by atoms with Crippen molar-refractivity contribution in [2.24, 2.45) is 0 Å². The van der Waals surface area contributed by atoms with Crippen LogP contribution in [0.2, 0.25) is 0 Å². The number of carbonyl (C=O) groups is 1. The molecule has 5 heteroatoms. The Morgan fingerprint density at radius 2 is 2.12 bits per heavy atom. The lowest BCUT2D eigenvalue weighted by molar-refractivity contribution is 0.000336. The van der Waals surface area contributed by atoms with Gasteiger partial charge < -0.3 is 14.7 Å². The van der Waals surface area contributed by atoms with E-state index in [1.807, 2.05) is 24.3 Å². The number of carbonyl (C=O) groups excluding carboxylic acids is 1. The Kier molecular flexibility index (Phi) is 4.77. The Hall–Kier alpha value is -2.40. The minimum atomic E-state index is -0.914. The highest BCUT2D eigenvalue weighted by molar-refractivity contribution is 5.96. The van der Waals surface area contributed by atoms with Gasteiger partial charge in [0.05, 0.1) is 24.4 Å². The fourth-order valence-electron chi connectivity index (χ4n) is 3.47. The number of hydrogen-bond acceptors (Lipinski definition) is 4. The van der Waals surface area contributed by atoms with E-state index in [-0.39, 0.29) is 11.9 Å². The predicted octanol–water partition coefficient (Wildman–Crippen LogP) is 3.13. The van der Waals surface area contributed by atoms with E-state index in [0.29, 0.717) is 17.9 Å². The fraction of sp³-hybridized carbons (Fsp3) is 0.400. The van der Waals surface area contributed by atoms with Crippen molar-refractivity contribution in [2.75, 3.05) is 13.7 Å². The second-order valence-electron chi connectivity index (χ2n) is 6.94. The zero-order valence-electron chi connectivity index (χ0n) is 14.9. The summed E-state index contributed by atoms with van der Waals surface area (Å²) in [6.07, 6.45) is 3.44. The first-order valence-corrected chi connectivity index (χ1v) is 8.54. The number of nitrogens with zero attached hydrogens (tertiary/aromatic N) is 2. The van der Waals surface area contributed by atoms with Crippen LogP contribution in [0, 0.1) is 0 Å². The maximum atomic E-state index is 13.0. The molecule has 1 aliphatic heterocycles. The number of ether oxygens (including phenoxy) is 1. The van der Waals surface area contributed by atoms with Crippen molar-refractivity contribution in [1.29, 1.82) is 0 Å². The van der Waals surface area contributed by atoms with Crippen molar-refractivity contribution >= 4 is 5.91 Å². The monoisotopic (exact) mass is 340 g/mol. The highest BCUT2D eigenvalue weighted by Gasteiger charge is 2.38. The van der Waals surface area contributed by atoms with E-state index < -0.39 is 5.60 Å². The van der Waals surface area contributed by atoms with Crippen molar-refractivity contribution in [1.82, 2.24) is 9.88 Å². The molecule has 1 saturated heterocycles. The summed E-state index contributed by atoms with van der Waals surface area (Å²) in [4.78, 5) is 19.2. The Morgan fingerprint density at radius 3 is 2.76 bits per heavy atom. The molecule has 1 unspecified atom stereocenters. The molecule has 1 amide bonds. The zero-order chi connectivity index (χ0) is 18.0. The van der Waals surface area contributed by atoms with E-state index in [1.54, 1.807) is 44.2 Å². The Labute approximate surface area is 148 Å². The van der Waals surface area contributed by atoms with Crippen molar-refractivity contribution in [3.63, 3.8) is 0 Å². The topological polar surface area (TPSA) is 62.7 Å². The molecule has 1 aromatic heterocycles. The first-order valence-electron chi connectivity index (χ1n) is 8.54. The maximum Gasteiger partial charge on any atom is 0.254 e. The quantitative estimate of drug-likeness (QED) is 0.929. The normalized spacial score (nSPS) is 17.6. The molecule has 0 aliphatic carbocycles. The van der Waals surface area contributed by atoms with E-state index in [4.69, 9.17) is 4.74 Å². The van der Waals surface area contributed by atoms with Crippen LogP contribution in [0.25, 0.3) is 11.3 Å². The zero-order valence-corrected chi connectivity index (χ0v) is 14.9. The lowest BCUT2D eigenvalue weighted by atomic mass is 9.96. The molecule has 1 atom stereocenters. The number of amides is 1. The number of pyridine rings is 1. The summed E-state index contributed by atoms with van der Waals surface area (Å²) in [6, 6.07) is 10.9. The van der Waals surface area contributed by atoms with Gasteiger partial charge in [0.25, 0.3) is 5.91 Å². The van der Waals surface area contributed by atoms with Crippen LogP contribution in [-0.2, 0) is 0 Å². The molecule has 5 nitrogen and oxygen atoms in total. The van der Waals surface area contributed by atoms with Gasteiger partial charge in [0.15, 0.2) is 0 Å². The molecule has 1 fully saturated rings. The standard InChI is InChI=1S/C20H24N2O3/c1-20(2,24)18-8-6-12-22(18)19(23)14-9-10-17(25-3)15(13-14)16-7-4-5-11-21-16/h4-5,7,9-11,13,18,24H,6,8,12H2,1-3H3. The van der Waals surface area contributed by atoms with Crippen LogP contribution in [0.3, 0.4) is 0 Å². The lowest BCUT2D eigenvalue weighted by Gasteiger charge is -2.34. The third-order valence-electron chi connectivity index (χ3n) is 4.72. The second-order valence-corrected chi connectivity index (χ2v) is 6.94. The number of aromatic nitrogens is 1. The number of methoxy groups -OCH3 is 1. The molecule has 1 N–H and O–H groups in total.